The Morgan fingerprint density at radius 1 is 1.24 bits per heavy atom. The van der Waals surface area contributed by atoms with Crippen LogP contribution < -0.4 is 15.4 Å². The molecule has 29 heavy (non-hydrogen) atoms. The van der Waals surface area contributed by atoms with Crippen LogP contribution in [0.5, 0.6) is 5.75 Å². The van der Waals surface area contributed by atoms with Crippen LogP contribution in [-0.4, -0.2) is 34.3 Å². The summed E-state index contributed by atoms with van der Waals surface area (Å²) in [5, 5.41) is 11.9. The van der Waals surface area contributed by atoms with E-state index in [2.05, 4.69) is 20.7 Å². The van der Waals surface area contributed by atoms with E-state index in [0.29, 0.717) is 40.8 Å². The third kappa shape index (κ3) is 4.19. The number of halogens is 1. The Balaban J connectivity index is 1.38. The normalized spacial score (nSPS) is 10.8. The summed E-state index contributed by atoms with van der Waals surface area (Å²) >= 11 is 1.43. The van der Waals surface area contributed by atoms with Gasteiger partial charge in [-0.3, -0.25) is 0 Å². The van der Waals surface area contributed by atoms with E-state index in [0.717, 1.165) is 5.69 Å². The number of rotatable bonds is 6. The molecule has 148 valence electrons. The lowest BCUT2D eigenvalue weighted by Gasteiger charge is -2.08. The fourth-order valence-corrected chi connectivity index (χ4v) is 3.69. The number of anilines is 1. The van der Waals surface area contributed by atoms with Crippen LogP contribution in [0, 0.1) is 5.82 Å². The van der Waals surface area contributed by atoms with Crippen LogP contribution in [0.15, 0.2) is 53.9 Å². The van der Waals surface area contributed by atoms with Gasteiger partial charge in [0.15, 0.2) is 5.82 Å². The van der Waals surface area contributed by atoms with Crippen LogP contribution in [0.4, 0.5) is 14.9 Å². The number of fused-ring (bicyclic) bond motifs is 1. The second-order valence-electron chi connectivity index (χ2n) is 6.20. The summed E-state index contributed by atoms with van der Waals surface area (Å²) in [5.41, 5.74) is 1.90. The molecule has 2 heterocycles. The van der Waals surface area contributed by atoms with Gasteiger partial charge in [-0.1, -0.05) is 18.2 Å². The third-order valence-electron chi connectivity index (χ3n) is 4.26. The summed E-state index contributed by atoms with van der Waals surface area (Å²) in [6.07, 6.45) is 0.561. The second kappa shape index (κ2) is 8.27. The largest absolute Gasteiger partial charge is 0.497 e. The minimum Gasteiger partial charge on any atom is -0.497 e. The van der Waals surface area contributed by atoms with Crippen molar-refractivity contribution in [1.29, 1.82) is 0 Å². The summed E-state index contributed by atoms with van der Waals surface area (Å²) in [6.45, 7) is 0.413. The van der Waals surface area contributed by atoms with Crippen LogP contribution in [0.3, 0.4) is 0 Å². The number of thiazole rings is 1. The molecule has 9 heteroatoms. The number of ether oxygens (including phenoxy) is 1. The predicted octanol–water partition coefficient (Wildman–Crippen LogP) is 3.97. The highest BCUT2D eigenvalue weighted by Gasteiger charge is 2.14. The van der Waals surface area contributed by atoms with Gasteiger partial charge in [-0.05, 0) is 24.3 Å². The van der Waals surface area contributed by atoms with Gasteiger partial charge in [-0.25, -0.2) is 13.7 Å². The highest BCUT2D eigenvalue weighted by Crippen LogP contribution is 2.23. The Labute approximate surface area is 170 Å². The summed E-state index contributed by atoms with van der Waals surface area (Å²) in [6, 6.07) is 13.2. The molecule has 4 aromatic rings. The number of carbonyl (C=O) groups excluding carboxylic acids is 1. The maximum atomic E-state index is 14.0. The third-order valence-corrected chi connectivity index (χ3v) is 5.12. The van der Waals surface area contributed by atoms with Crippen LogP contribution >= 0.6 is 11.3 Å². The highest BCUT2D eigenvalue weighted by atomic mass is 32.1. The number of aromatic nitrogens is 3. The zero-order valence-corrected chi connectivity index (χ0v) is 16.4. The molecule has 4 rings (SSSR count). The van der Waals surface area contributed by atoms with Gasteiger partial charge in [0.25, 0.3) is 0 Å². The molecule has 0 atom stereocenters. The van der Waals surface area contributed by atoms with Gasteiger partial charge < -0.3 is 15.4 Å². The molecule has 7 nitrogen and oxygen atoms in total. The van der Waals surface area contributed by atoms with Crippen molar-refractivity contribution in [1.82, 2.24) is 19.9 Å². The number of amides is 2. The Morgan fingerprint density at radius 2 is 2.10 bits per heavy atom. The second-order valence-corrected chi connectivity index (χ2v) is 7.04. The molecule has 0 aliphatic carbocycles. The van der Waals surface area contributed by atoms with E-state index in [1.54, 1.807) is 54.1 Å². The monoisotopic (exact) mass is 411 g/mol. The summed E-state index contributed by atoms with van der Waals surface area (Å²) in [5.74, 6) is 0.656. The molecule has 2 amide bonds. The molecule has 0 aliphatic rings. The van der Waals surface area contributed by atoms with Gasteiger partial charge in [0.2, 0.25) is 4.96 Å². The van der Waals surface area contributed by atoms with Crippen molar-refractivity contribution >= 4 is 28.0 Å². The number of nitrogens with zero attached hydrogens (tertiary/aromatic N) is 3. The first-order chi connectivity index (χ1) is 14.1. The molecule has 2 N–H and O–H groups in total. The predicted molar refractivity (Wildman–Crippen MR) is 110 cm³/mol. The highest BCUT2D eigenvalue weighted by molar-refractivity contribution is 7.15. The van der Waals surface area contributed by atoms with Crippen molar-refractivity contribution in [2.75, 3.05) is 19.0 Å². The van der Waals surface area contributed by atoms with Gasteiger partial charge in [-0.2, -0.15) is 4.98 Å². The zero-order chi connectivity index (χ0) is 20.2. The molecule has 0 saturated carbocycles. The molecule has 0 saturated heterocycles. The molecule has 2 aromatic carbocycles. The van der Waals surface area contributed by atoms with Crippen molar-refractivity contribution in [2.45, 2.75) is 6.42 Å². The average Bonchev–Trinajstić information content (AvgIpc) is 3.30. The first-order valence-electron chi connectivity index (χ1n) is 8.91. The van der Waals surface area contributed by atoms with E-state index < -0.39 is 0 Å². The number of methoxy groups -OCH3 is 1. The number of urea groups is 1. The van der Waals surface area contributed by atoms with Gasteiger partial charge >= 0.3 is 6.03 Å². The minimum atomic E-state index is -0.358. The summed E-state index contributed by atoms with van der Waals surface area (Å²) < 4.78 is 20.8. The number of hydrogen-bond acceptors (Lipinski definition) is 5. The number of benzene rings is 2. The van der Waals surface area contributed by atoms with Crippen LogP contribution in [0.2, 0.25) is 0 Å². The summed E-state index contributed by atoms with van der Waals surface area (Å²) in [4.78, 5) is 17.2. The minimum absolute atomic E-state index is 0.310. The number of nitrogens with one attached hydrogen (secondary N) is 2. The molecule has 0 radical (unpaired) electrons. The van der Waals surface area contributed by atoms with E-state index in [4.69, 9.17) is 4.74 Å². The first-order valence-corrected chi connectivity index (χ1v) is 9.79. The molecule has 0 fully saturated rings. The van der Waals surface area contributed by atoms with E-state index in [1.165, 1.54) is 17.4 Å². The maximum absolute atomic E-state index is 14.0. The molecule has 0 bridgehead atoms. The van der Waals surface area contributed by atoms with Crippen LogP contribution in [0.25, 0.3) is 16.3 Å². The molecule has 0 aliphatic heterocycles. The quantitative estimate of drug-likeness (QED) is 0.503. The van der Waals surface area contributed by atoms with Gasteiger partial charge in [0, 0.05) is 30.1 Å². The lowest BCUT2D eigenvalue weighted by molar-refractivity contribution is 0.252. The zero-order valence-electron chi connectivity index (χ0n) is 15.6. The maximum Gasteiger partial charge on any atom is 0.319 e. The van der Waals surface area contributed by atoms with E-state index in [1.807, 2.05) is 5.38 Å². The first kappa shape index (κ1) is 18.9. The van der Waals surface area contributed by atoms with Gasteiger partial charge in [-0.15, -0.1) is 16.4 Å². The van der Waals surface area contributed by atoms with Crippen molar-refractivity contribution in [3.05, 3.63) is 65.4 Å². The van der Waals surface area contributed by atoms with Crippen molar-refractivity contribution < 1.29 is 13.9 Å². The van der Waals surface area contributed by atoms with E-state index in [9.17, 15) is 9.18 Å². The van der Waals surface area contributed by atoms with Gasteiger partial charge in [0.1, 0.15) is 11.6 Å². The Bertz CT molecular complexity index is 1160. The number of carbonyl (C=O) groups is 1. The molecule has 0 spiro atoms. The van der Waals surface area contributed by atoms with E-state index in [-0.39, 0.29) is 11.8 Å². The van der Waals surface area contributed by atoms with Crippen LogP contribution in [-0.2, 0) is 6.42 Å². The fraction of sp³-hybridized carbons (Fsp3) is 0.150. The van der Waals surface area contributed by atoms with Crippen molar-refractivity contribution in [3.8, 4) is 17.1 Å². The Hall–Kier alpha value is -3.46. The van der Waals surface area contributed by atoms with Crippen molar-refractivity contribution in [2.24, 2.45) is 0 Å². The Kier molecular flexibility index (Phi) is 5.39. The lowest BCUT2D eigenvalue weighted by atomic mass is 10.2. The SMILES string of the molecule is COc1cccc(NC(=O)NCCc2csc3nc(-c4ccccc4F)nn23)c1. The van der Waals surface area contributed by atoms with Crippen molar-refractivity contribution in [3.63, 3.8) is 0 Å². The standard InChI is InChI=1S/C20H18FN5O2S/c1-28-15-6-4-5-13(11-15)23-19(27)22-10-9-14-12-29-20-24-18(25-26(14)20)16-7-2-3-8-17(16)21/h2-8,11-12H,9-10H2,1H3,(H2,22,23,27). The Morgan fingerprint density at radius 3 is 2.93 bits per heavy atom. The van der Waals surface area contributed by atoms with Gasteiger partial charge in [0.05, 0.1) is 18.4 Å². The summed E-state index contributed by atoms with van der Waals surface area (Å²) in [7, 11) is 1.57. The average molecular weight is 411 g/mol. The fourth-order valence-electron chi connectivity index (χ4n) is 2.83. The van der Waals surface area contributed by atoms with E-state index >= 15 is 0 Å². The topological polar surface area (TPSA) is 80.5 Å². The number of hydrogen-bond donors (Lipinski definition) is 2. The van der Waals surface area contributed by atoms with Crippen LogP contribution in [0.1, 0.15) is 5.69 Å². The molecule has 0 unspecified atom stereocenters. The smallest absolute Gasteiger partial charge is 0.319 e. The molecular formula is C20H18FN5O2S. The molecular weight excluding hydrogens is 393 g/mol. The molecule has 2 aromatic heterocycles. The lowest BCUT2D eigenvalue weighted by Crippen LogP contribution is -2.30.